The molecule has 6 nitrogen and oxygen atoms in total. The fourth-order valence-corrected chi connectivity index (χ4v) is 3.77. The first-order chi connectivity index (χ1) is 13.2. The van der Waals surface area contributed by atoms with E-state index in [0.29, 0.717) is 5.56 Å². The number of hydrogen-bond acceptors (Lipinski definition) is 3. The molecular formula is C21H23N3O3S. The lowest BCUT2D eigenvalue weighted by Crippen LogP contribution is -2.23. The highest BCUT2D eigenvalue weighted by atomic mass is 32.2. The molecule has 146 valence electrons. The van der Waals surface area contributed by atoms with E-state index in [1.54, 1.807) is 12.1 Å². The third kappa shape index (κ3) is 4.00. The summed E-state index contributed by atoms with van der Waals surface area (Å²) in [6.45, 7) is 6.23. The third-order valence-corrected chi connectivity index (χ3v) is 5.67. The Balaban J connectivity index is 1.79. The van der Waals surface area contributed by atoms with Gasteiger partial charge >= 0.3 is 0 Å². The summed E-state index contributed by atoms with van der Waals surface area (Å²) >= 11 is 0. The van der Waals surface area contributed by atoms with Crippen molar-refractivity contribution in [1.29, 1.82) is 0 Å². The minimum Gasteiger partial charge on any atom is -0.348 e. The van der Waals surface area contributed by atoms with Gasteiger partial charge in [-0.3, -0.25) is 4.79 Å². The maximum atomic E-state index is 12.7. The standard InChI is InChI=1S/C21H23N3O3S/c1-14-6-4-5-7-20(14)24-15(2)12-19(16(24)3)21(25)23-13-17-8-10-18(11-9-17)28(22,26)27/h4-12H,13H2,1-3H3,(H,23,25)(H2,22,26,27). The fraction of sp³-hybridized carbons (Fsp3) is 0.190. The molecular weight excluding hydrogens is 374 g/mol. The maximum absolute atomic E-state index is 12.7. The van der Waals surface area contributed by atoms with Gasteiger partial charge < -0.3 is 9.88 Å². The Morgan fingerprint density at radius 1 is 1.04 bits per heavy atom. The first-order valence-electron chi connectivity index (χ1n) is 8.83. The molecule has 28 heavy (non-hydrogen) atoms. The van der Waals surface area contributed by atoms with Crippen LogP contribution in [0.5, 0.6) is 0 Å². The molecule has 0 spiro atoms. The lowest BCUT2D eigenvalue weighted by molar-refractivity contribution is 0.0950. The van der Waals surface area contributed by atoms with Crippen molar-refractivity contribution in [2.75, 3.05) is 0 Å². The van der Waals surface area contributed by atoms with Crippen LogP contribution in [0.15, 0.2) is 59.5 Å². The zero-order valence-corrected chi connectivity index (χ0v) is 16.9. The summed E-state index contributed by atoms with van der Waals surface area (Å²) in [5.74, 6) is -0.177. The molecule has 1 heterocycles. The highest BCUT2D eigenvalue weighted by Gasteiger charge is 2.17. The van der Waals surface area contributed by atoms with Gasteiger partial charge in [-0.15, -0.1) is 0 Å². The van der Waals surface area contributed by atoms with Gasteiger partial charge in [0, 0.05) is 23.6 Å². The summed E-state index contributed by atoms with van der Waals surface area (Å²) in [7, 11) is -3.72. The van der Waals surface area contributed by atoms with E-state index in [1.807, 2.05) is 51.1 Å². The van der Waals surface area contributed by atoms with Crippen LogP contribution in [0.4, 0.5) is 0 Å². The first-order valence-corrected chi connectivity index (χ1v) is 10.4. The van der Waals surface area contributed by atoms with Gasteiger partial charge in [-0.1, -0.05) is 30.3 Å². The van der Waals surface area contributed by atoms with Gasteiger partial charge in [0.25, 0.3) is 5.91 Å². The third-order valence-electron chi connectivity index (χ3n) is 4.74. The highest BCUT2D eigenvalue weighted by Crippen LogP contribution is 2.23. The molecule has 3 aromatic rings. The summed E-state index contributed by atoms with van der Waals surface area (Å²) in [5, 5.41) is 7.98. The highest BCUT2D eigenvalue weighted by molar-refractivity contribution is 7.89. The second kappa shape index (κ2) is 7.61. The van der Waals surface area contributed by atoms with Crippen molar-refractivity contribution < 1.29 is 13.2 Å². The van der Waals surface area contributed by atoms with Crippen molar-refractivity contribution in [2.24, 2.45) is 5.14 Å². The number of carbonyl (C=O) groups is 1. The molecule has 0 atom stereocenters. The normalized spacial score (nSPS) is 11.4. The van der Waals surface area contributed by atoms with Gasteiger partial charge in [0.1, 0.15) is 0 Å². The summed E-state index contributed by atoms with van der Waals surface area (Å²) in [5.41, 5.74) is 5.43. The molecule has 3 N–H and O–H groups in total. The Morgan fingerprint density at radius 2 is 1.68 bits per heavy atom. The zero-order valence-electron chi connectivity index (χ0n) is 16.1. The SMILES string of the molecule is Cc1ccccc1-n1c(C)cc(C(=O)NCc2ccc(S(N)(=O)=O)cc2)c1C. The van der Waals surface area contributed by atoms with Gasteiger partial charge in [0.2, 0.25) is 10.0 Å². The van der Waals surface area contributed by atoms with E-state index in [4.69, 9.17) is 5.14 Å². The van der Waals surface area contributed by atoms with Gasteiger partial charge in [-0.2, -0.15) is 0 Å². The van der Waals surface area contributed by atoms with E-state index in [-0.39, 0.29) is 17.3 Å². The van der Waals surface area contributed by atoms with Crippen molar-refractivity contribution in [1.82, 2.24) is 9.88 Å². The topological polar surface area (TPSA) is 94.2 Å². The molecule has 0 unspecified atom stereocenters. The van der Waals surface area contributed by atoms with Crippen LogP contribution in [-0.2, 0) is 16.6 Å². The van der Waals surface area contributed by atoms with E-state index >= 15 is 0 Å². The lowest BCUT2D eigenvalue weighted by Gasteiger charge is -2.13. The number of nitrogens with two attached hydrogens (primary N) is 1. The number of carbonyl (C=O) groups excluding carboxylic acids is 1. The van der Waals surface area contributed by atoms with E-state index < -0.39 is 10.0 Å². The Labute approximate surface area is 165 Å². The van der Waals surface area contributed by atoms with Gasteiger partial charge in [-0.25, -0.2) is 13.6 Å². The second-order valence-electron chi connectivity index (χ2n) is 6.78. The van der Waals surface area contributed by atoms with Crippen LogP contribution in [-0.4, -0.2) is 18.9 Å². The molecule has 1 amide bonds. The van der Waals surface area contributed by atoms with E-state index in [0.717, 1.165) is 28.2 Å². The number of hydrogen-bond donors (Lipinski definition) is 2. The molecule has 2 aromatic carbocycles. The molecule has 0 fully saturated rings. The number of nitrogens with one attached hydrogen (secondary N) is 1. The monoisotopic (exact) mass is 397 g/mol. The van der Waals surface area contributed by atoms with E-state index in [2.05, 4.69) is 9.88 Å². The van der Waals surface area contributed by atoms with Crippen LogP contribution in [0.25, 0.3) is 5.69 Å². The van der Waals surface area contributed by atoms with Crippen LogP contribution in [0.3, 0.4) is 0 Å². The molecule has 3 rings (SSSR count). The Bertz CT molecular complexity index is 1130. The largest absolute Gasteiger partial charge is 0.348 e. The lowest BCUT2D eigenvalue weighted by atomic mass is 10.2. The Kier molecular flexibility index (Phi) is 5.40. The number of sulfonamides is 1. The molecule has 7 heteroatoms. The number of aromatic nitrogens is 1. The van der Waals surface area contributed by atoms with Gasteiger partial charge in [-0.05, 0) is 56.2 Å². The fourth-order valence-electron chi connectivity index (χ4n) is 3.25. The predicted octanol–water partition coefficient (Wildman–Crippen LogP) is 2.98. The van der Waals surface area contributed by atoms with E-state index in [9.17, 15) is 13.2 Å². The van der Waals surface area contributed by atoms with Gasteiger partial charge in [0.05, 0.1) is 10.5 Å². The molecule has 0 aliphatic rings. The summed E-state index contributed by atoms with van der Waals surface area (Å²) in [6.07, 6.45) is 0. The average Bonchev–Trinajstić information content (AvgIpc) is 2.94. The average molecular weight is 398 g/mol. The molecule has 1 aromatic heterocycles. The Morgan fingerprint density at radius 3 is 2.29 bits per heavy atom. The van der Waals surface area contributed by atoms with Crippen molar-refractivity contribution in [3.8, 4) is 5.69 Å². The number of rotatable bonds is 5. The maximum Gasteiger partial charge on any atom is 0.253 e. The van der Waals surface area contributed by atoms with Crippen molar-refractivity contribution in [2.45, 2.75) is 32.2 Å². The molecule has 0 saturated heterocycles. The molecule has 0 bridgehead atoms. The molecule has 0 radical (unpaired) electrons. The number of primary sulfonamides is 1. The zero-order chi connectivity index (χ0) is 20.5. The Hall–Kier alpha value is -2.90. The summed E-state index contributed by atoms with van der Waals surface area (Å²) < 4.78 is 24.7. The predicted molar refractivity (Wildman–Crippen MR) is 109 cm³/mol. The van der Waals surface area contributed by atoms with Crippen molar-refractivity contribution in [3.63, 3.8) is 0 Å². The number of aryl methyl sites for hydroxylation is 2. The van der Waals surface area contributed by atoms with Crippen molar-refractivity contribution >= 4 is 15.9 Å². The summed E-state index contributed by atoms with van der Waals surface area (Å²) in [6, 6.07) is 16.0. The smallest absolute Gasteiger partial charge is 0.253 e. The van der Waals surface area contributed by atoms with Crippen molar-refractivity contribution in [3.05, 3.63) is 82.7 Å². The second-order valence-corrected chi connectivity index (χ2v) is 8.34. The number of para-hydroxylation sites is 1. The van der Waals surface area contributed by atoms with Gasteiger partial charge in [0.15, 0.2) is 0 Å². The summed E-state index contributed by atoms with van der Waals surface area (Å²) in [4.78, 5) is 12.8. The van der Waals surface area contributed by atoms with E-state index in [1.165, 1.54) is 12.1 Å². The number of nitrogens with zero attached hydrogens (tertiary/aromatic N) is 1. The van der Waals surface area contributed by atoms with Crippen LogP contribution in [0.2, 0.25) is 0 Å². The van der Waals surface area contributed by atoms with Crippen LogP contribution < -0.4 is 10.5 Å². The van der Waals surface area contributed by atoms with Crippen LogP contribution in [0, 0.1) is 20.8 Å². The number of benzene rings is 2. The molecule has 0 aliphatic heterocycles. The van der Waals surface area contributed by atoms with Crippen LogP contribution >= 0.6 is 0 Å². The minimum absolute atomic E-state index is 0.0457. The number of amides is 1. The minimum atomic E-state index is -3.72. The first kappa shape index (κ1) is 19.9. The van der Waals surface area contributed by atoms with Crippen LogP contribution in [0.1, 0.15) is 32.9 Å². The quantitative estimate of drug-likeness (QED) is 0.693. The molecule has 0 aliphatic carbocycles. The molecule has 0 saturated carbocycles.